The first-order chi connectivity index (χ1) is 9.70. The molecule has 20 heavy (non-hydrogen) atoms. The number of rotatable bonds is 3. The van der Waals surface area contributed by atoms with Crippen LogP contribution in [0.2, 0.25) is 0 Å². The van der Waals surface area contributed by atoms with Crippen LogP contribution in [0.15, 0.2) is 24.3 Å². The molecule has 1 fully saturated rings. The number of nitrogens with zero attached hydrogens (tertiary/aromatic N) is 1. The van der Waals surface area contributed by atoms with Crippen molar-refractivity contribution in [2.45, 2.75) is 13.0 Å². The average Bonchev–Trinajstić information content (AvgIpc) is 3.00. The smallest absolute Gasteiger partial charge is 0.226 e. The van der Waals surface area contributed by atoms with Gasteiger partial charge in [0.05, 0.1) is 6.54 Å². The molecular formula is C16H20N2OS. The zero-order valence-corrected chi connectivity index (χ0v) is 12.6. The van der Waals surface area contributed by atoms with Crippen molar-refractivity contribution in [1.29, 1.82) is 0 Å². The lowest BCUT2D eigenvalue weighted by atomic mass is 10.1. The summed E-state index contributed by atoms with van der Waals surface area (Å²) >= 11 is 1.87. The second kappa shape index (κ2) is 7.37. The van der Waals surface area contributed by atoms with Gasteiger partial charge in [0, 0.05) is 30.8 Å². The van der Waals surface area contributed by atoms with Crippen molar-refractivity contribution in [3.63, 3.8) is 0 Å². The Morgan fingerprint density at radius 3 is 2.80 bits per heavy atom. The minimum atomic E-state index is 0.208. The van der Waals surface area contributed by atoms with Crippen LogP contribution in [0, 0.1) is 17.8 Å². The summed E-state index contributed by atoms with van der Waals surface area (Å²) in [4.78, 5) is 14.1. The SMILES string of the molecule is CN(Cc1ccc(C#CCN)cc1)C(=O)C1CCSC1. The first-order valence-corrected chi connectivity index (χ1v) is 7.97. The summed E-state index contributed by atoms with van der Waals surface area (Å²) < 4.78 is 0. The molecule has 3 nitrogen and oxygen atoms in total. The van der Waals surface area contributed by atoms with E-state index in [0.29, 0.717) is 13.1 Å². The average molecular weight is 288 g/mol. The number of benzene rings is 1. The minimum absolute atomic E-state index is 0.208. The van der Waals surface area contributed by atoms with Crippen molar-refractivity contribution in [3.8, 4) is 11.8 Å². The fourth-order valence-corrected chi connectivity index (χ4v) is 3.45. The molecule has 1 amide bonds. The van der Waals surface area contributed by atoms with Gasteiger partial charge in [-0.05, 0) is 29.9 Å². The van der Waals surface area contributed by atoms with Gasteiger partial charge in [-0.25, -0.2) is 0 Å². The number of nitrogens with two attached hydrogens (primary N) is 1. The van der Waals surface area contributed by atoms with Gasteiger partial charge in [0.15, 0.2) is 0 Å². The molecule has 1 heterocycles. The van der Waals surface area contributed by atoms with Crippen LogP contribution in [0.4, 0.5) is 0 Å². The number of carbonyl (C=O) groups excluding carboxylic acids is 1. The second-order valence-electron chi connectivity index (χ2n) is 4.96. The van der Waals surface area contributed by atoms with E-state index >= 15 is 0 Å². The van der Waals surface area contributed by atoms with E-state index in [2.05, 4.69) is 11.8 Å². The van der Waals surface area contributed by atoms with Crippen molar-refractivity contribution >= 4 is 17.7 Å². The standard InChI is InChI=1S/C16H20N2OS/c1-18(16(19)15-8-10-20-12-15)11-14-6-4-13(5-7-14)3-2-9-17/h4-7,15H,8-12,17H2,1H3. The van der Waals surface area contributed by atoms with Crippen LogP contribution in [0.5, 0.6) is 0 Å². The molecule has 1 aliphatic rings. The predicted octanol–water partition coefficient (Wildman–Crippen LogP) is 1.71. The molecular weight excluding hydrogens is 268 g/mol. The molecule has 1 saturated heterocycles. The maximum absolute atomic E-state index is 12.2. The molecule has 1 aromatic carbocycles. The molecule has 1 aliphatic heterocycles. The Hall–Kier alpha value is -1.44. The normalized spacial score (nSPS) is 17.4. The van der Waals surface area contributed by atoms with E-state index in [1.165, 1.54) is 0 Å². The second-order valence-corrected chi connectivity index (χ2v) is 6.11. The van der Waals surface area contributed by atoms with Crippen LogP contribution in [0.25, 0.3) is 0 Å². The van der Waals surface area contributed by atoms with Crippen molar-refractivity contribution in [2.24, 2.45) is 11.7 Å². The van der Waals surface area contributed by atoms with E-state index in [1.54, 1.807) is 0 Å². The first kappa shape index (κ1) is 15.0. The molecule has 0 spiro atoms. The van der Waals surface area contributed by atoms with Crippen molar-refractivity contribution < 1.29 is 4.79 Å². The Labute approximate surface area is 124 Å². The summed E-state index contributed by atoms with van der Waals surface area (Å²) in [5.41, 5.74) is 7.43. The highest BCUT2D eigenvalue weighted by molar-refractivity contribution is 7.99. The zero-order valence-electron chi connectivity index (χ0n) is 11.8. The third-order valence-corrected chi connectivity index (χ3v) is 4.53. The van der Waals surface area contributed by atoms with E-state index < -0.39 is 0 Å². The lowest BCUT2D eigenvalue weighted by Crippen LogP contribution is -2.32. The molecule has 106 valence electrons. The molecule has 0 aromatic heterocycles. The van der Waals surface area contributed by atoms with E-state index in [4.69, 9.17) is 5.73 Å². The largest absolute Gasteiger partial charge is 0.341 e. The van der Waals surface area contributed by atoms with Gasteiger partial charge in [-0.2, -0.15) is 11.8 Å². The van der Waals surface area contributed by atoms with Gasteiger partial charge in [-0.15, -0.1) is 0 Å². The monoisotopic (exact) mass is 288 g/mol. The highest BCUT2D eigenvalue weighted by Gasteiger charge is 2.25. The summed E-state index contributed by atoms with van der Waals surface area (Å²) in [6, 6.07) is 7.99. The molecule has 2 N–H and O–H groups in total. The van der Waals surface area contributed by atoms with Crippen LogP contribution in [0.3, 0.4) is 0 Å². The summed E-state index contributed by atoms with van der Waals surface area (Å²) in [6.07, 6.45) is 1.02. The predicted molar refractivity (Wildman–Crippen MR) is 84.3 cm³/mol. The molecule has 0 aliphatic carbocycles. The van der Waals surface area contributed by atoms with Crippen LogP contribution in [-0.4, -0.2) is 35.9 Å². The third-order valence-electron chi connectivity index (χ3n) is 3.36. The fraction of sp³-hybridized carbons (Fsp3) is 0.438. The van der Waals surface area contributed by atoms with Crippen LogP contribution >= 0.6 is 11.8 Å². The number of hydrogen-bond acceptors (Lipinski definition) is 3. The third kappa shape index (κ3) is 4.03. The molecule has 1 unspecified atom stereocenters. The first-order valence-electron chi connectivity index (χ1n) is 6.81. The number of thioether (sulfide) groups is 1. The van der Waals surface area contributed by atoms with Gasteiger partial charge < -0.3 is 10.6 Å². The number of amides is 1. The Balaban J connectivity index is 1.93. The van der Waals surface area contributed by atoms with Crippen molar-refractivity contribution in [3.05, 3.63) is 35.4 Å². The van der Waals surface area contributed by atoms with Gasteiger partial charge in [-0.3, -0.25) is 4.79 Å². The van der Waals surface area contributed by atoms with E-state index in [9.17, 15) is 4.79 Å². The topological polar surface area (TPSA) is 46.3 Å². The Morgan fingerprint density at radius 2 is 2.20 bits per heavy atom. The van der Waals surface area contributed by atoms with Crippen LogP contribution < -0.4 is 5.73 Å². The summed E-state index contributed by atoms with van der Waals surface area (Å²) in [5.74, 6) is 8.38. The summed E-state index contributed by atoms with van der Waals surface area (Å²) in [6.45, 7) is 1.03. The summed E-state index contributed by atoms with van der Waals surface area (Å²) in [7, 11) is 1.88. The Kier molecular flexibility index (Phi) is 5.51. The zero-order chi connectivity index (χ0) is 14.4. The minimum Gasteiger partial charge on any atom is -0.341 e. The Morgan fingerprint density at radius 1 is 1.45 bits per heavy atom. The van der Waals surface area contributed by atoms with E-state index in [-0.39, 0.29) is 11.8 Å². The van der Waals surface area contributed by atoms with E-state index in [0.717, 1.165) is 29.1 Å². The van der Waals surface area contributed by atoms with Gasteiger partial charge in [0.1, 0.15) is 0 Å². The molecule has 0 bridgehead atoms. The molecule has 0 saturated carbocycles. The maximum Gasteiger partial charge on any atom is 0.226 e. The lowest BCUT2D eigenvalue weighted by molar-refractivity contribution is -0.133. The molecule has 4 heteroatoms. The molecule has 1 aromatic rings. The fourth-order valence-electron chi connectivity index (χ4n) is 2.24. The van der Waals surface area contributed by atoms with Crippen LogP contribution in [0.1, 0.15) is 17.5 Å². The van der Waals surface area contributed by atoms with Gasteiger partial charge in [-0.1, -0.05) is 24.0 Å². The lowest BCUT2D eigenvalue weighted by Gasteiger charge is -2.20. The molecule has 0 radical (unpaired) electrons. The van der Waals surface area contributed by atoms with Crippen LogP contribution in [-0.2, 0) is 11.3 Å². The molecule has 1 atom stereocenters. The highest BCUT2D eigenvalue weighted by atomic mass is 32.2. The van der Waals surface area contributed by atoms with Gasteiger partial charge in [0.25, 0.3) is 0 Å². The maximum atomic E-state index is 12.2. The number of hydrogen-bond donors (Lipinski definition) is 1. The van der Waals surface area contributed by atoms with Crippen molar-refractivity contribution in [1.82, 2.24) is 4.90 Å². The van der Waals surface area contributed by atoms with Crippen molar-refractivity contribution in [2.75, 3.05) is 25.1 Å². The highest BCUT2D eigenvalue weighted by Crippen LogP contribution is 2.25. The summed E-state index contributed by atoms with van der Waals surface area (Å²) in [5, 5.41) is 0. The Bertz CT molecular complexity index is 510. The van der Waals surface area contributed by atoms with Gasteiger partial charge in [0.2, 0.25) is 5.91 Å². The number of carbonyl (C=O) groups is 1. The van der Waals surface area contributed by atoms with E-state index in [1.807, 2.05) is 48.0 Å². The molecule has 2 rings (SSSR count). The quantitative estimate of drug-likeness (QED) is 0.861. The van der Waals surface area contributed by atoms with Gasteiger partial charge >= 0.3 is 0 Å².